The highest BCUT2D eigenvalue weighted by molar-refractivity contribution is 9.10. The monoisotopic (exact) mass is 359 g/mol. The van der Waals surface area contributed by atoms with E-state index in [1.807, 2.05) is 0 Å². The Labute approximate surface area is 133 Å². The maximum Gasteiger partial charge on any atom is 0.129 e. The molecule has 1 aromatic rings. The molecular formula is C16H20BrClFN. The van der Waals surface area contributed by atoms with Gasteiger partial charge in [-0.05, 0) is 71.6 Å². The van der Waals surface area contributed by atoms with Crippen molar-refractivity contribution in [1.82, 2.24) is 5.32 Å². The zero-order valence-electron chi connectivity index (χ0n) is 11.6. The van der Waals surface area contributed by atoms with Gasteiger partial charge in [-0.15, -0.1) is 0 Å². The quantitative estimate of drug-likeness (QED) is 0.700. The van der Waals surface area contributed by atoms with Crippen LogP contribution in [0.15, 0.2) is 16.6 Å². The summed E-state index contributed by atoms with van der Waals surface area (Å²) in [6.45, 7) is 3.07. The molecule has 0 bridgehead atoms. The van der Waals surface area contributed by atoms with Crippen LogP contribution in [0.25, 0.3) is 0 Å². The Kier molecular flexibility index (Phi) is 4.40. The van der Waals surface area contributed by atoms with E-state index in [0.717, 1.165) is 30.4 Å². The first kappa shape index (κ1) is 14.8. The molecule has 2 saturated carbocycles. The van der Waals surface area contributed by atoms with Gasteiger partial charge in [-0.3, -0.25) is 0 Å². The third-order valence-corrected chi connectivity index (χ3v) is 6.04. The van der Waals surface area contributed by atoms with E-state index in [9.17, 15) is 4.39 Å². The highest BCUT2D eigenvalue weighted by Crippen LogP contribution is 2.62. The Morgan fingerprint density at radius 3 is 2.75 bits per heavy atom. The van der Waals surface area contributed by atoms with Gasteiger partial charge in [0.1, 0.15) is 5.82 Å². The summed E-state index contributed by atoms with van der Waals surface area (Å²) >= 11 is 9.46. The predicted molar refractivity (Wildman–Crippen MR) is 84.5 cm³/mol. The van der Waals surface area contributed by atoms with Gasteiger partial charge in [0.05, 0.1) is 5.02 Å². The number of fused-ring (bicyclic) bond motifs is 1. The molecule has 0 aliphatic heterocycles. The summed E-state index contributed by atoms with van der Waals surface area (Å²) in [4.78, 5) is 0. The van der Waals surface area contributed by atoms with Gasteiger partial charge >= 0.3 is 0 Å². The number of hydrogen-bond acceptors (Lipinski definition) is 1. The van der Waals surface area contributed by atoms with E-state index in [1.165, 1.54) is 25.3 Å². The van der Waals surface area contributed by atoms with Gasteiger partial charge < -0.3 is 5.32 Å². The van der Waals surface area contributed by atoms with Crippen LogP contribution in [-0.4, -0.2) is 6.54 Å². The number of halogens is 3. The Balaban J connectivity index is 1.87. The van der Waals surface area contributed by atoms with E-state index in [4.69, 9.17) is 11.6 Å². The molecule has 0 spiro atoms. The predicted octanol–water partition coefficient (Wildman–Crippen LogP) is 5.33. The number of nitrogens with one attached hydrogen (secondary N) is 1. The molecule has 3 unspecified atom stereocenters. The maximum absolute atomic E-state index is 14.3. The molecule has 3 rings (SSSR count). The Morgan fingerprint density at radius 1 is 1.40 bits per heavy atom. The van der Waals surface area contributed by atoms with Crippen molar-refractivity contribution in [2.75, 3.05) is 6.54 Å². The highest BCUT2D eigenvalue weighted by Gasteiger charge is 2.56. The lowest BCUT2D eigenvalue weighted by Gasteiger charge is -2.22. The SMILES string of the molecule is CCCNC(c1cc(Cl)c(Br)cc1F)C1C2CCCC21. The molecule has 0 amide bonds. The fourth-order valence-corrected chi connectivity index (χ4v) is 4.39. The van der Waals surface area contributed by atoms with Crippen molar-refractivity contribution < 1.29 is 4.39 Å². The normalized spacial score (nSPS) is 29.3. The Hall–Kier alpha value is -0.120. The molecule has 1 aromatic carbocycles. The third-order valence-electron chi connectivity index (χ3n) is 4.85. The van der Waals surface area contributed by atoms with Gasteiger partial charge in [0.15, 0.2) is 0 Å². The van der Waals surface area contributed by atoms with E-state index >= 15 is 0 Å². The van der Waals surface area contributed by atoms with Gasteiger partial charge in [0, 0.05) is 16.1 Å². The van der Waals surface area contributed by atoms with E-state index in [0.29, 0.717) is 15.4 Å². The molecule has 2 aliphatic carbocycles. The molecule has 20 heavy (non-hydrogen) atoms. The zero-order valence-corrected chi connectivity index (χ0v) is 14.0. The van der Waals surface area contributed by atoms with Gasteiger partial charge in [0.25, 0.3) is 0 Å². The van der Waals surface area contributed by atoms with Crippen molar-refractivity contribution in [1.29, 1.82) is 0 Å². The second-order valence-corrected chi connectivity index (χ2v) is 7.32. The lowest BCUT2D eigenvalue weighted by molar-refractivity contribution is 0.404. The minimum absolute atomic E-state index is 0.121. The molecule has 0 radical (unpaired) electrons. The average molecular weight is 361 g/mol. The van der Waals surface area contributed by atoms with Crippen molar-refractivity contribution in [2.24, 2.45) is 17.8 Å². The minimum atomic E-state index is -0.153. The molecule has 2 aliphatic rings. The molecule has 1 nitrogen and oxygen atoms in total. The van der Waals surface area contributed by atoms with Crippen LogP contribution in [0.3, 0.4) is 0 Å². The summed E-state index contributed by atoms with van der Waals surface area (Å²) in [5.41, 5.74) is 0.742. The van der Waals surface area contributed by atoms with E-state index in [1.54, 1.807) is 6.07 Å². The van der Waals surface area contributed by atoms with Gasteiger partial charge in [-0.25, -0.2) is 4.39 Å². The largest absolute Gasteiger partial charge is 0.310 e. The summed E-state index contributed by atoms with van der Waals surface area (Å²) in [7, 11) is 0. The van der Waals surface area contributed by atoms with Crippen molar-refractivity contribution in [2.45, 2.75) is 38.6 Å². The molecule has 0 heterocycles. The van der Waals surface area contributed by atoms with Crippen LogP contribution in [0.4, 0.5) is 4.39 Å². The molecule has 0 aromatic heterocycles. The van der Waals surface area contributed by atoms with E-state index in [2.05, 4.69) is 28.2 Å². The van der Waals surface area contributed by atoms with Crippen molar-refractivity contribution in [3.8, 4) is 0 Å². The molecular weight excluding hydrogens is 341 g/mol. The van der Waals surface area contributed by atoms with Gasteiger partial charge in [-0.2, -0.15) is 0 Å². The van der Waals surface area contributed by atoms with Crippen LogP contribution in [0.2, 0.25) is 5.02 Å². The Bertz CT molecular complexity index is 497. The zero-order chi connectivity index (χ0) is 14.3. The maximum atomic E-state index is 14.3. The summed E-state index contributed by atoms with van der Waals surface area (Å²) in [6.07, 6.45) is 5.03. The minimum Gasteiger partial charge on any atom is -0.310 e. The highest BCUT2D eigenvalue weighted by atomic mass is 79.9. The fourth-order valence-electron chi connectivity index (χ4n) is 3.90. The third kappa shape index (κ3) is 2.65. The first-order valence-electron chi connectivity index (χ1n) is 7.51. The van der Waals surface area contributed by atoms with Gasteiger partial charge in [0.2, 0.25) is 0 Å². The second kappa shape index (κ2) is 5.94. The van der Waals surface area contributed by atoms with Crippen molar-refractivity contribution >= 4 is 27.5 Å². The van der Waals surface area contributed by atoms with Crippen LogP contribution in [-0.2, 0) is 0 Å². The van der Waals surface area contributed by atoms with Crippen molar-refractivity contribution in [3.63, 3.8) is 0 Å². The van der Waals surface area contributed by atoms with E-state index < -0.39 is 0 Å². The number of benzene rings is 1. The summed E-state index contributed by atoms with van der Waals surface area (Å²) < 4.78 is 15.0. The summed E-state index contributed by atoms with van der Waals surface area (Å²) in [5.74, 6) is 2.04. The first-order chi connectivity index (χ1) is 9.63. The van der Waals surface area contributed by atoms with Crippen LogP contribution >= 0.6 is 27.5 Å². The molecule has 1 N–H and O–H groups in total. The summed E-state index contributed by atoms with van der Waals surface area (Å²) in [6, 6.07) is 3.41. The van der Waals surface area contributed by atoms with E-state index in [-0.39, 0.29) is 11.9 Å². The lowest BCUT2D eigenvalue weighted by atomic mass is 9.96. The Morgan fingerprint density at radius 2 is 2.10 bits per heavy atom. The van der Waals surface area contributed by atoms with Crippen molar-refractivity contribution in [3.05, 3.63) is 33.0 Å². The fraction of sp³-hybridized carbons (Fsp3) is 0.625. The standard InChI is InChI=1S/C16H20BrClFN/c1-2-6-20-16(15-9-4-3-5-10(9)15)11-7-13(18)12(17)8-14(11)19/h7-10,15-16,20H,2-6H2,1H3. The summed E-state index contributed by atoms with van der Waals surface area (Å²) in [5, 5.41) is 4.14. The lowest BCUT2D eigenvalue weighted by Crippen LogP contribution is -2.26. The molecule has 0 saturated heterocycles. The molecule has 110 valence electrons. The molecule has 4 heteroatoms. The second-order valence-electron chi connectivity index (χ2n) is 6.06. The molecule has 3 atom stereocenters. The van der Waals surface area contributed by atoms with Gasteiger partial charge in [-0.1, -0.05) is 24.9 Å². The number of hydrogen-bond donors (Lipinski definition) is 1. The van der Waals surface area contributed by atoms with Crippen LogP contribution in [0.1, 0.15) is 44.2 Å². The first-order valence-corrected chi connectivity index (χ1v) is 8.68. The number of rotatable bonds is 5. The van der Waals surface area contributed by atoms with Crippen LogP contribution in [0.5, 0.6) is 0 Å². The topological polar surface area (TPSA) is 12.0 Å². The average Bonchev–Trinajstić information content (AvgIpc) is 2.88. The van der Waals surface area contributed by atoms with Crippen LogP contribution < -0.4 is 5.32 Å². The molecule has 2 fully saturated rings. The van der Waals surface area contributed by atoms with Crippen LogP contribution in [0, 0.1) is 23.6 Å². The smallest absolute Gasteiger partial charge is 0.129 e.